The van der Waals surface area contributed by atoms with Gasteiger partial charge in [-0.1, -0.05) is 36.9 Å². The molecule has 3 aliphatic rings. The van der Waals surface area contributed by atoms with Crippen LogP contribution < -0.4 is 14.5 Å². The summed E-state index contributed by atoms with van der Waals surface area (Å²) < 4.78 is 34.2. The van der Waals surface area contributed by atoms with Crippen molar-refractivity contribution in [3.05, 3.63) is 77.0 Å². The Kier molecular flexibility index (Phi) is 8.60. The second-order valence-corrected chi connectivity index (χ2v) is 12.5. The number of aromatic nitrogens is 2. The van der Waals surface area contributed by atoms with Gasteiger partial charge in [-0.3, -0.25) is 9.69 Å². The number of benzene rings is 2. The van der Waals surface area contributed by atoms with Gasteiger partial charge >= 0.3 is 6.01 Å². The van der Waals surface area contributed by atoms with Gasteiger partial charge in [-0.05, 0) is 50.2 Å². The van der Waals surface area contributed by atoms with Crippen LogP contribution in [0.5, 0.6) is 6.01 Å². The fraction of sp³-hybridized carbons (Fsp3) is 0.471. The first-order valence-electron chi connectivity index (χ1n) is 15.5. The van der Waals surface area contributed by atoms with Crippen molar-refractivity contribution >= 4 is 28.2 Å². The number of fused-ring (bicyclic) bond motifs is 2. The molecule has 1 saturated carbocycles. The van der Waals surface area contributed by atoms with Crippen LogP contribution >= 0.6 is 0 Å². The molecule has 9 nitrogen and oxygen atoms in total. The molecule has 0 bridgehead atoms. The number of nitrogens with zero attached hydrogens (tertiary/aromatic N) is 7. The molecule has 45 heavy (non-hydrogen) atoms. The number of carbonyl (C=O) groups excluding carboxylic acids is 1. The van der Waals surface area contributed by atoms with Gasteiger partial charge in [0.05, 0.1) is 12.2 Å². The van der Waals surface area contributed by atoms with Crippen LogP contribution in [0, 0.1) is 13.5 Å². The van der Waals surface area contributed by atoms with Gasteiger partial charge in [0.25, 0.3) is 5.91 Å². The number of carbonyl (C=O) groups is 1. The Labute approximate surface area is 262 Å². The zero-order valence-electron chi connectivity index (χ0n) is 25.9. The summed E-state index contributed by atoms with van der Waals surface area (Å²) in [5.74, 6) is -1.08. The van der Waals surface area contributed by atoms with Crippen molar-refractivity contribution in [2.45, 2.75) is 44.4 Å². The monoisotopic (exact) mass is 615 g/mol. The van der Waals surface area contributed by atoms with Crippen LogP contribution in [0.1, 0.15) is 29.7 Å². The minimum atomic E-state index is -1.08. The van der Waals surface area contributed by atoms with E-state index in [0.717, 1.165) is 29.3 Å². The minimum Gasteiger partial charge on any atom is -0.462 e. The first-order chi connectivity index (χ1) is 21.7. The summed E-state index contributed by atoms with van der Waals surface area (Å²) in [6.07, 6.45) is 1.91. The first kappa shape index (κ1) is 30.7. The van der Waals surface area contributed by atoms with Crippen LogP contribution in [0.4, 0.5) is 20.3 Å². The highest BCUT2D eigenvalue weighted by Crippen LogP contribution is 2.40. The fourth-order valence-electron chi connectivity index (χ4n) is 6.57. The van der Waals surface area contributed by atoms with Gasteiger partial charge in [-0.25, -0.2) is 15.4 Å². The molecule has 1 aliphatic carbocycles. The highest BCUT2D eigenvalue weighted by atomic mass is 19.1. The topological polar surface area (TPSA) is 69.4 Å². The van der Waals surface area contributed by atoms with Gasteiger partial charge in [-0.15, -0.1) is 0 Å². The Morgan fingerprint density at radius 2 is 1.96 bits per heavy atom. The van der Waals surface area contributed by atoms with Gasteiger partial charge in [0.15, 0.2) is 5.83 Å². The van der Waals surface area contributed by atoms with Crippen molar-refractivity contribution in [3.63, 3.8) is 0 Å². The van der Waals surface area contributed by atoms with E-state index in [0.29, 0.717) is 58.6 Å². The number of hydrogen-bond acceptors (Lipinski definition) is 7. The van der Waals surface area contributed by atoms with E-state index in [9.17, 15) is 13.6 Å². The summed E-state index contributed by atoms with van der Waals surface area (Å²) in [6, 6.07) is 12.4. The molecule has 2 aliphatic heterocycles. The Balaban J connectivity index is 1.29. The average molecular weight is 616 g/mol. The number of alkyl halides is 1. The average Bonchev–Trinajstić information content (AvgIpc) is 3.75. The molecule has 3 heterocycles. The van der Waals surface area contributed by atoms with E-state index in [4.69, 9.17) is 21.3 Å². The Morgan fingerprint density at radius 3 is 2.69 bits per heavy atom. The second kappa shape index (κ2) is 12.6. The van der Waals surface area contributed by atoms with Crippen molar-refractivity contribution in [1.82, 2.24) is 19.8 Å². The smallest absolute Gasteiger partial charge is 0.318 e. The Bertz CT molecular complexity index is 1650. The van der Waals surface area contributed by atoms with Gasteiger partial charge in [0.2, 0.25) is 6.54 Å². The van der Waals surface area contributed by atoms with Crippen LogP contribution in [0.3, 0.4) is 0 Å². The molecule has 1 saturated heterocycles. The number of amides is 1. The number of anilines is 2. The van der Waals surface area contributed by atoms with Gasteiger partial charge < -0.3 is 24.3 Å². The molecule has 0 spiro atoms. The third-order valence-electron chi connectivity index (χ3n) is 9.08. The number of hydrogen-bond donors (Lipinski definition) is 0. The first-order valence-corrected chi connectivity index (χ1v) is 15.5. The summed E-state index contributed by atoms with van der Waals surface area (Å²) in [6.45, 7) is 16.3. The molecule has 0 unspecified atom stereocenters. The largest absolute Gasteiger partial charge is 0.462 e. The van der Waals surface area contributed by atoms with Gasteiger partial charge in [-0.2, -0.15) is 9.97 Å². The van der Waals surface area contributed by atoms with E-state index < -0.39 is 23.4 Å². The molecule has 1 atom stereocenters. The predicted molar refractivity (Wildman–Crippen MR) is 171 cm³/mol. The molecule has 2 aromatic carbocycles. The van der Waals surface area contributed by atoms with Gasteiger partial charge in [0, 0.05) is 55.9 Å². The van der Waals surface area contributed by atoms with Crippen LogP contribution in [0.2, 0.25) is 0 Å². The maximum atomic E-state index is 14.3. The van der Waals surface area contributed by atoms with Crippen molar-refractivity contribution in [2.75, 3.05) is 69.3 Å². The summed E-state index contributed by atoms with van der Waals surface area (Å²) in [5.41, 5.74) is 3.15. The number of aryl methyl sites for hydroxylation is 1. The van der Waals surface area contributed by atoms with Crippen molar-refractivity contribution in [1.29, 1.82) is 0 Å². The quantitative estimate of drug-likeness (QED) is 0.241. The third-order valence-corrected chi connectivity index (χ3v) is 9.08. The van der Waals surface area contributed by atoms with Crippen molar-refractivity contribution in [2.24, 2.45) is 0 Å². The SMILES string of the molecule is [C-]#[N+]C[C@H]1CN(c2nc(OCCN(C)CC3(F)CC3)nc3c2CCN(c2cccc4cccc(C)c24)C3)CCN1C(=O)C(=C)F. The normalized spacial score (nSPS) is 18.9. The van der Waals surface area contributed by atoms with Crippen LogP contribution in [-0.2, 0) is 17.8 Å². The zero-order valence-corrected chi connectivity index (χ0v) is 25.9. The number of likely N-dealkylation sites (N-methyl/N-ethyl adjacent to an activating group) is 1. The number of ether oxygens (including phenoxy) is 1. The van der Waals surface area contributed by atoms with Gasteiger partial charge in [0.1, 0.15) is 24.1 Å². The summed E-state index contributed by atoms with van der Waals surface area (Å²) in [7, 11) is 1.89. The molecular formula is C34H39F2N7O2. The lowest BCUT2D eigenvalue weighted by Crippen LogP contribution is -2.57. The van der Waals surface area contributed by atoms with E-state index in [2.05, 4.69) is 64.5 Å². The maximum Gasteiger partial charge on any atom is 0.318 e. The summed E-state index contributed by atoms with van der Waals surface area (Å²) in [5, 5.41) is 2.40. The third kappa shape index (κ3) is 6.57. The van der Waals surface area contributed by atoms with E-state index in [1.807, 2.05) is 11.9 Å². The molecule has 1 amide bonds. The van der Waals surface area contributed by atoms with E-state index in [-0.39, 0.29) is 19.1 Å². The lowest BCUT2D eigenvalue weighted by Gasteiger charge is -2.41. The van der Waals surface area contributed by atoms with Crippen LogP contribution in [0.25, 0.3) is 15.6 Å². The Morgan fingerprint density at radius 1 is 1.18 bits per heavy atom. The molecule has 0 N–H and O–H groups in total. The van der Waals surface area contributed by atoms with E-state index in [1.165, 1.54) is 21.2 Å². The molecule has 0 radical (unpaired) electrons. The minimum absolute atomic E-state index is 0.0444. The lowest BCUT2D eigenvalue weighted by atomic mass is 9.99. The highest BCUT2D eigenvalue weighted by molar-refractivity contribution is 5.97. The fourth-order valence-corrected chi connectivity index (χ4v) is 6.57. The Hall–Kier alpha value is -4.30. The molecule has 3 aromatic rings. The standard InChI is InChI=1S/C34H39F2N7O2/c1-23-7-5-8-25-9-6-10-29(30(23)25)41-14-11-27-28(21-41)38-33(45-18-17-40(4)22-34(36)12-13-34)39-31(27)42-15-16-43(32(44)24(2)35)26(20-42)19-37-3/h5-10,26H,2,11-22H2,1,4H3/t26-/m0/s1. The molecule has 11 heteroatoms. The molecule has 2 fully saturated rings. The number of piperazine rings is 1. The molecule has 1 aromatic heterocycles. The predicted octanol–water partition coefficient (Wildman–Crippen LogP) is 4.73. The summed E-state index contributed by atoms with van der Waals surface area (Å²) in [4.78, 5) is 33.5. The second-order valence-electron chi connectivity index (χ2n) is 12.5. The zero-order chi connectivity index (χ0) is 31.7. The van der Waals surface area contributed by atoms with E-state index in [1.54, 1.807) is 0 Å². The number of rotatable bonds is 10. The van der Waals surface area contributed by atoms with Crippen LogP contribution in [-0.4, -0.2) is 96.9 Å². The number of halogens is 2. The van der Waals surface area contributed by atoms with Crippen molar-refractivity contribution in [3.8, 4) is 6.01 Å². The molecular weight excluding hydrogens is 576 g/mol. The highest BCUT2D eigenvalue weighted by Gasteiger charge is 2.43. The van der Waals surface area contributed by atoms with E-state index >= 15 is 0 Å². The summed E-state index contributed by atoms with van der Waals surface area (Å²) >= 11 is 0. The molecule has 236 valence electrons. The van der Waals surface area contributed by atoms with Crippen molar-refractivity contribution < 1.29 is 18.3 Å². The molecule has 6 rings (SSSR count). The van der Waals surface area contributed by atoms with Crippen LogP contribution in [0.15, 0.2) is 48.8 Å². The maximum absolute atomic E-state index is 14.3. The lowest BCUT2D eigenvalue weighted by molar-refractivity contribution is -0.131.